The van der Waals surface area contributed by atoms with Crippen molar-refractivity contribution in [2.24, 2.45) is 0 Å². The van der Waals surface area contributed by atoms with Crippen molar-refractivity contribution in [2.75, 3.05) is 19.0 Å². The molecule has 1 unspecified atom stereocenters. The summed E-state index contributed by atoms with van der Waals surface area (Å²) in [4.78, 5) is 0. The molecule has 0 aromatic heterocycles. The van der Waals surface area contributed by atoms with Crippen LogP contribution in [0.1, 0.15) is 39.2 Å². The zero-order chi connectivity index (χ0) is 14.3. The minimum atomic E-state index is -0.110. The summed E-state index contributed by atoms with van der Waals surface area (Å²) in [5.41, 5.74) is 2.29. The average Bonchev–Trinajstić information content (AvgIpc) is 2.36. The number of nitrogens with one attached hydrogen (secondary N) is 1. The number of anilines is 1. The van der Waals surface area contributed by atoms with E-state index in [0.29, 0.717) is 6.04 Å². The van der Waals surface area contributed by atoms with Gasteiger partial charge in [0.15, 0.2) is 0 Å². The number of hydrogen-bond donors (Lipinski definition) is 2. The van der Waals surface area contributed by atoms with Gasteiger partial charge in [0.2, 0.25) is 0 Å². The van der Waals surface area contributed by atoms with Gasteiger partial charge in [-0.05, 0) is 57.7 Å². The number of methoxy groups -OCH3 is 1. The summed E-state index contributed by atoms with van der Waals surface area (Å²) in [5.74, 6) is 0. The Bertz CT molecular complexity index is 377. The zero-order valence-electron chi connectivity index (χ0n) is 12.6. The lowest BCUT2D eigenvalue weighted by Gasteiger charge is -2.27. The summed E-state index contributed by atoms with van der Waals surface area (Å²) < 4.78 is 5.46. The second-order valence-electron chi connectivity index (χ2n) is 5.74. The highest BCUT2D eigenvalue weighted by Crippen LogP contribution is 2.19. The van der Waals surface area contributed by atoms with Gasteiger partial charge in [0.05, 0.1) is 5.60 Å². The van der Waals surface area contributed by atoms with Crippen LogP contribution in [-0.4, -0.2) is 30.5 Å². The first-order chi connectivity index (χ1) is 8.96. The Morgan fingerprint density at radius 2 is 2.11 bits per heavy atom. The van der Waals surface area contributed by atoms with Crippen LogP contribution in [0.25, 0.3) is 0 Å². The molecule has 2 N–H and O–H groups in total. The van der Waals surface area contributed by atoms with E-state index < -0.39 is 0 Å². The van der Waals surface area contributed by atoms with Crippen molar-refractivity contribution in [2.45, 2.75) is 51.7 Å². The molecule has 0 aliphatic heterocycles. The van der Waals surface area contributed by atoms with E-state index in [1.807, 2.05) is 0 Å². The van der Waals surface area contributed by atoms with E-state index in [1.54, 1.807) is 7.11 Å². The maximum Gasteiger partial charge on any atom is 0.0642 e. The molecule has 1 atom stereocenters. The first-order valence-electron chi connectivity index (χ1n) is 6.98. The van der Waals surface area contributed by atoms with Crippen molar-refractivity contribution in [3.05, 3.63) is 29.8 Å². The number of ether oxygens (including phenoxy) is 1. The topological polar surface area (TPSA) is 41.5 Å². The summed E-state index contributed by atoms with van der Waals surface area (Å²) in [6.07, 6.45) is 2.68. The van der Waals surface area contributed by atoms with E-state index in [9.17, 15) is 0 Å². The molecular weight excluding hydrogens is 238 g/mol. The van der Waals surface area contributed by atoms with Crippen molar-refractivity contribution in [3.8, 4) is 0 Å². The van der Waals surface area contributed by atoms with Crippen LogP contribution in [0.5, 0.6) is 0 Å². The van der Waals surface area contributed by atoms with Gasteiger partial charge in [-0.15, -0.1) is 0 Å². The number of aliphatic hydroxyl groups is 1. The molecule has 0 heterocycles. The van der Waals surface area contributed by atoms with Gasteiger partial charge in [0, 0.05) is 25.4 Å². The Morgan fingerprint density at radius 3 is 2.74 bits per heavy atom. The highest BCUT2D eigenvalue weighted by Gasteiger charge is 2.19. The Kier molecular flexibility index (Phi) is 6.32. The molecule has 0 fully saturated rings. The van der Waals surface area contributed by atoms with Gasteiger partial charge in [-0.3, -0.25) is 0 Å². The van der Waals surface area contributed by atoms with Crippen LogP contribution in [-0.2, 0) is 11.2 Å². The average molecular weight is 265 g/mol. The molecule has 19 heavy (non-hydrogen) atoms. The first-order valence-corrected chi connectivity index (χ1v) is 6.98. The minimum absolute atomic E-state index is 0.110. The molecule has 0 radical (unpaired) electrons. The predicted molar refractivity (Wildman–Crippen MR) is 80.6 cm³/mol. The Morgan fingerprint density at radius 1 is 1.37 bits per heavy atom. The van der Waals surface area contributed by atoms with Crippen LogP contribution in [0, 0.1) is 0 Å². The van der Waals surface area contributed by atoms with Gasteiger partial charge in [0.25, 0.3) is 0 Å². The quantitative estimate of drug-likeness (QED) is 0.758. The third-order valence-electron chi connectivity index (χ3n) is 3.31. The molecule has 0 saturated heterocycles. The van der Waals surface area contributed by atoms with E-state index in [-0.39, 0.29) is 12.2 Å². The molecule has 0 aliphatic rings. The molecule has 1 aromatic rings. The summed E-state index contributed by atoms with van der Waals surface area (Å²) in [6, 6.07) is 8.75. The molecule has 0 aliphatic carbocycles. The van der Waals surface area contributed by atoms with E-state index in [4.69, 9.17) is 9.84 Å². The highest BCUT2D eigenvalue weighted by molar-refractivity contribution is 5.46. The van der Waals surface area contributed by atoms with Gasteiger partial charge in [-0.25, -0.2) is 0 Å². The fourth-order valence-electron chi connectivity index (χ4n) is 2.26. The number of hydrogen-bond acceptors (Lipinski definition) is 3. The standard InChI is InChI=1S/C16H27NO2/c1-13(12-16(2,3)19-4)17-15-9-5-7-14(11-15)8-6-10-18/h5,7,9,11,13,17-18H,6,8,10,12H2,1-4H3. The van der Waals surface area contributed by atoms with Crippen molar-refractivity contribution in [1.82, 2.24) is 0 Å². The fourth-order valence-corrected chi connectivity index (χ4v) is 2.26. The largest absolute Gasteiger partial charge is 0.396 e. The van der Waals surface area contributed by atoms with Gasteiger partial charge >= 0.3 is 0 Å². The third-order valence-corrected chi connectivity index (χ3v) is 3.31. The minimum Gasteiger partial charge on any atom is -0.396 e. The van der Waals surface area contributed by atoms with E-state index in [0.717, 1.165) is 24.9 Å². The van der Waals surface area contributed by atoms with E-state index in [2.05, 4.69) is 50.4 Å². The number of aryl methyl sites for hydroxylation is 1. The lowest BCUT2D eigenvalue weighted by atomic mass is 9.99. The summed E-state index contributed by atoms with van der Waals surface area (Å²) in [6.45, 7) is 6.61. The molecular formula is C16H27NO2. The molecule has 0 spiro atoms. The van der Waals surface area contributed by atoms with Crippen molar-refractivity contribution < 1.29 is 9.84 Å². The van der Waals surface area contributed by atoms with Crippen LogP contribution >= 0.6 is 0 Å². The molecule has 0 amide bonds. The molecule has 1 rings (SSSR count). The van der Waals surface area contributed by atoms with E-state index >= 15 is 0 Å². The lowest BCUT2D eigenvalue weighted by molar-refractivity contribution is 0.0128. The molecule has 3 nitrogen and oxygen atoms in total. The van der Waals surface area contributed by atoms with E-state index in [1.165, 1.54) is 5.56 Å². The monoisotopic (exact) mass is 265 g/mol. The summed E-state index contributed by atoms with van der Waals surface area (Å²) >= 11 is 0. The second kappa shape index (κ2) is 7.51. The first kappa shape index (κ1) is 16.0. The zero-order valence-corrected chi connectivity index (χ0v) is 12.6. The number of benzene rings is 1. The van der Waals surface area contributed by atoms with Gasteiger partial charge in [0.1, 0.15) is 0 Å². The van der Waals surface area contributed by atoms with Crippen LogP contribution in [0.4, 0.5) is 5.69 Å². The summed E-state index contributed by atoms with van der Waals surface area (Å²) in [7, 11) is 1.75. The maximum absolute atomic E-state index is 8.87. The van der Waals surface area contributed by atoms with Crippen LogP contribution in [0.15, 0.2) is 24.3 Å². The van der Waals surface area contributed by atoms with Gasteiger partial charge < -0.3 is 15.2 Å². The van der Waals surface area contributed by atoms with Crippen LogP contribution in [0.3, 0.4) is 0 Å². The van der Waals surface area contributed by atoms with Crippen molar-refractivity contribution in [1.29, 1.82) is 0 Å². The van der Waals surface area contributed by atoms with Gasteiger partial charge in [-0.1, -0.05) is 12.1 Å². The smallest absolute Gasteiger partial charge is 0.0642 e. The Hall–Kier alpha value is -1.06. The molecule has 108 valence electrons. The Labute approximate surface area is 117 Å². The SMILES string of the molecule is COC(C)(C)CC(C)Nc1cccc(CCCO)c1. The van der Waals surface area contributed by atoms with Crippen LogP contribution < -0.4 is 5.32 Å². The molecule has 0 bridgehead atoms. The summed E-state index contributed by atoms with van der Waals surface area (Å²) in [5, 5.41) is 12.4. The second-order valence-corrected chi connectivity index (χ2v) is 5.74. The van der Waals surface area contributed by atoms with Gasteiger partial charge in [-0.2, -0.15) is 0 Å². The van der Waals surface area contributed by atoms with Crippen molar-refractivity contribution >= 4 is 5.69 Å². The maximum atomic E-state index is 8.87. The fraction of sp³-hybridized carbons (Fsp3) is 0.625. The molecule has 1 aromatic carbocycles. The van der Waals surface area contributed by atoms with Crippen LogP contribution in [0.2, 0.25) is 0 Å². The Balaban J connectivity index is 2.56. The number of aliphatic hydroxyl groups excluding tert-OH is 1. The number of rotatable bonds is 8. The molecule has 3 heteroatoms. The van der Waals surface area contributed by atoms with Crippen molar-refractivity contribution in [3.63, 3.8) is 0 Å². The predicted octanol–water partition coefficient (Wildman–Crippen LogP) is 3.23. The normalized spacial score (nSPS) is 13.3. The third kappa shape index (κ3) is 6.08. The highest BCUT2D eigenvalue weighted by atomic mass is 16.5. The lowest BCUT2D eigenvalue weighted by Crippen LogP contribution is -2.31. The molecule has 0 saturated carbocycles.